The van der Waals surface area contributed by atoms with Crippen molar-refractivity contribution in [3.63, 3.8) is 0 Å². The number of hydrogen-bond acceptors (Lipinski definition) is 9. The Morgan fingerprint density at radius 1 is 1.03 bits per heavy atom. The van der Waals surface area contributed by atoms with E-state index >= 15 is 0 Å². The molecule has 3 rings (SSSR count). The maximum atomic E-state index is 11.8. The van der Waals surface area contributed by atoms with Crippen LogP contribution in [0.15, 0.2) is 48.8 Å². The highest BCUT2D eigenvalue weighted by Crippen LogP contribution is 2.17. The average molecular weight is 472 g/mol. The summed E-state index contributed by atoms with van der Waals surface area (Å²) >= 11 is 5.99. The van der Waals surface area contributed by atoms with E-state index in [2.05, 4.69) is 30.6 Å². The summed E-state index contributed by atoms with van der Waals surface area (Å²) in [4.78, 5) is 40.9. The van der Waals surface area contributed by atoms with Gasteiger partial charge >= 0.3 is 12.1 Å². The molecule has 0 aliphatic heterocycles. The van der Waals surface area contributed by atoms with Crippen LogP contribution in [0, 0.1) is 0 Å². The highest BCUT2D eigenvalue weighted by atomic mass is 35.5. The van der Waals surface area contributed by atoms with Gasteiger partial charge in [0.05, 0.1) is 0 Å². The van der Waals surface area contributed by atoms with Crippen LogP contribution < -0.4 is 15.4 Å². The maximum absolute atomic E-state index is 11.8. The zero-order valence-corrected chi connectivity index (χ0v) is 18.7. The summed E-state index contributed by atoms with van der Waals surface area (Å²) in [6.07, 6.45) is 2.95. The van der Waals surface area contributed by atoms with Gasteiger partial charge in [-0.1, -0.05) is 12.1 Å². The normalized spacial score (nSPS) is 11.4. The topological polar surface area (TPSA) is 142 Å². The van der Waals surface area contributed by atoms with Gasteiger partial charge in [-0.25, -0.2) is 9.59 Å². The van der Waals surface area contributed by atoms with Crippen molar-refractivity contribution in [2.24, 2.45) is 0 Å². The monoisotopic (exact) mass is 471 g/mol. The van der Waals surface area contributed by atoms with Crippen LogP contribution in [0.5, 0.6) is 5.75 Å². The summed E-state index contributed by atoms with van der Waals surface area (Å²) in [6, 6.07) is 9.18. The SMILES string of the molecule is CN(C)C(=O)Oc1ccc(C[C@H](Nc2nc(Cl)nc(NCc3ccncc3)n2)C(=O)O)cc1. The van der Waals surface area contributed by atoms with Gasteiger partial charge in [0.2, 0.25) is 17.2 Å². The predicted octanol–water partition coefficient (Wildman–Crippen LogP) is 2.70. The van der Waals surface area contributed by atoms with Gasteiger partial charge in [-0.3, -0.25) is 4.98 Å². The summed E-state index contributed by atoms with van der Waals surface area (Å²) in [7, 11) is 3.15. The lowest BCUT2D eigenvalue weighted by molar-refractivity contribution is -0.137. The minimum atomic E-state index is -1.10. The molecular weight excluding hydrogens is 450 g/mol. The Hall–Kier alpha value is -3.99. The molecule has 0 saturated carbocycles. The Kier molecular flexibility index (Phi) is 7.92. The number of halogens is 1. The van der Waals surface area contributed by atoms with E-state index in [9.17, 15) is 14.7 Å². The molecule has 0 bridgehead atoms. The van der Waals surface area contributed by atoms with Crippen molar-refractivity contribution in [1.29, 1.82) is 0 Å². The number of rotatable bonds is 9. The second-order valence-electron chi connectivity index (χ2n) is 7.11. The van der Waals surface area contributed by atoms with Crippen LogP contribution in [-0.4, -0.2) is 62.1 Å². The molecule has 0 saturated heterocycles. The lowest BCUT2D eigenvalue weighted by atomic mass is 10.1. The third-order valence-corrected chi connectivity index (χ3v) is 4.51. The Morgan fingerprint density at radius 2 is 1.70 bits per heavy atom. The number of benzene rings is 1. The number of pyridine rings is 1. The van der Waals surface area contributed by atoms with E-state index in [1.807, 2.05) is 12.1 Å². The molecule has 11 nitrogen and oxygen atoms in total. The molecule has 1 amide bonds. The predicted molar refractivity (Wildman–Crippen MR) is 121 cm³/mol. The number of aromatic nitrogens is 4. The highest BCUT2D eigenvalue weighted by molar-refractivity contribution is 6.28. The number of amides is 1. The molecule has 3 N–H and O–H groups in total. The molecule has 172 valence electrons. The third kappa shape index (κ3) is 7.28. The number of nitrogens with one attached hydrogen (secondary N) is 2. The maximum Gasteiger partial charge on any atom is 0.414 e. The van der Waals surface area contributed by atoms with E-state index < -0.39 is 18.1 Å². The van der Waals surface area contributed by atoms with Gasteiger partial charge in [-0.15, -0.1) is 0 Å². The molecule has 0 radical (unpaired) electrons. The van der Waals surface area contributed by atoms with E-state index in [0.29, 0.717) is 17.9 Å². The van der Waals surface area contributed by atoms with E-state index in [1.54, 1.807) is 50.8 Å². The lowest BCUT2D eigenvalue weighted by Crippen LogP contribution is -2.32. The minimum absolute atomic E-state index is 0.0242. The van der Waals surface area contributed by atoms with Crippen molar-refractivity contribution in [1.82, 2.24) is 24.8 Å². The molecule has 0 unspecified atom stereocenters. The number of carbonyl (C=O) groups excluding carboxylic acids is 1. The Balaban J connectivity index is 1.66. The van der Waals surface area contributed by atoms with Crippen LogP contribution in [0.3, 0.4) is 0 Å². The van der Waals surface area contributed by atoms with Crippen molar-refractivity contribution in [2.75, 3.05) is 24.7 Å². The van der Waals surface area contributed by atoms with E-state index in [4.69, 9.17) is 16.3 Å². The molecule has 0 aliphatic rings. The number of carboxylic acid groups (broad SMARTS) is 1. The number of anilines is 2. The molecular formula is C21H22ClN7O4. The van der Waals surface area contributed by atoms with Gasteiger partial charge in [-0.2, -0.15) is 15.0 Å². The van der Waals surface area contributed by atoms with Gasteiger partial charge in [0, 0.05) is 39.5 Å². The quantitative estimate of drug-likeness (QED) is 0.426. The van der Waals surface area contributed by atoms with E-state index in [1.165, 1.54) is 4.90 Å². The summed E-state index contributed by atoms with van der Waals surface area (Å²) in [6.45, 7) is 0.426. The van der Waals surface area contributed by atoms with Crippen LogP contribution in [0.1, 0.15) is 11.1 Å². The summed E-state index contributed by atoms with van der Waals surface area (Å²) < 4.78 is 5.16. The third-order valence-electron chi connectivity index (χ3n) is 4.34. The Bertz CT molecular complexity index is 1100. The van der Waals surface area contributed by atoms with Crippen molar-refractivity contribution >= 4 is 35.6 Å². The zero-order chi connectivity index (χ0) is 23.8. The standard InChI is InChI=1S/C21H22ClN7O4/c1-29(2)21(32)33-15-5-3-13(4-6-15)11-16(17(30)31)25-20-27-18(22)26-19(28-20)24-12-14-7-9-23-10-8-14/h3-10,16H,11-12H2,1-2H3,(H,30,31)(H2,24,25,26,27,28)/t16-/m0/s1. The fraction of sp³-hybridized carbons (Fsp3) is 0.238. The number of ether oxygens (including phenoxy) is 1. The molecule has 33 heavy (non-hydrogen) atoms. The molecule has 1 atom stereocenters. The van der Waals surface area contributed by atoms with Gasteiger partial charge in [0.15, 0.2) is 0 Å². The first kappa shape index (κ1) is 23.7. The number of aliphatic carboxylic acids is 1. The number of carboxylic acids is 1. The summed E-state index contributed by atoms with van der Waals surface area (Å²) in [5.74, 6) is -0.519. The van der Waals surface area contributed by atoms with Crippen LogP contribution in [0.4, 0.5) is 16.7 Å². The number of nitrogens with zero attached hydrogens (tertiary/aromatic N) is 5. The molecule has 3 aromatic rings. The number of carbonyl (C=O) groups is 2. The Labute approximate surface area is 194 Å². The second kappa shape index (κ2) is 11.0. The zero-order valence-electron chi connectivity index (χ0n) is 17.9. The van der Waals surface area contributed by atoms with Crippen molar-refractivity contribution in [2.45, 2.75) is 19.0 Å². The first-order valence-corrected chi connectivity index (χ1v) is 10.2. The van der Waals surface area contributed by atoms with E-state index in [0.717, 1.165) is 5.56 Å². The van der Waals surface area contributed by atoms with Gasteiger partial charge in [0.1, 0.15) is 11.8 Å². The van der Waals surface area contributed by atoms with Crippen molar-refractivity contribution < 1.29 is 19.4 Å². The number of hydrogen-bond donors (Lipinski definition) is 3. The van der Waals surface area contributed by atoms with Crippen molar-refractivity contribution in [3.8, 4) is 5.75 Å². The van der Waals surface area contributed by atoms with E-state index in [-0.39, 0.29) is 23.6 Å². The van der Waals surface area contributed by atoms with Gasteiger partial charge in [-0.05, 0) is 47.0 Å². The smallest absolute Gasteiger partial charge is 0.414 e. The van der Waals surface area contributed by atoms with Crippen LogP contribution >= 0.6 is 11.6 Å². The molecule has 2 heterocycles. The molecule has 0 aliphatic carbocycles. The van der Waals surface area contributed by atoms with Crippen LogP contribution in [-0.2, 0) is 17.8 Å². The van der Waals surface area contributed by atoms with Gasteiger partial charge in [0.25, 0.3) is 0 Å². The molecule has 0 spiro atoms. The summed E-state index contributed by atoms with van der Waals surface area (Å²) in [5, 5.41) is 15.4. The summed E-state index contributed by atoms with van der Waals surface area (Å²) in [5.41, 5.74) is 1.66. The minimum Gasteiger partial charge on any atom is -0.480 e. The van der Waals surface area contributed by atoms with Crippen LogP contribution in [0.2, 0.25) is 5.28 Å². The fourth-order valence-corrected chi connectivity index (χ4v) is 2.81. The second-order valence-corrected chi connectivity index (χ2v) is 7.44. The largest absolute Gasteiger partial charge is 0.480 e. The van der Waals surface area contributed by atoms with Gasteiger partial charge < -0.3 is 25.4 Å². The fourth-order valence-electron chi connectivity index (χ4n) is 2.65. The molecule has 12 heteroatoms. The molecule has 1 aromatic carbocycles. The first-order valence-electron chi connectivity index (χ1n) is 9.82. The molecule has 0 fully saturated rings. The lowest BCUT2D eigenvalue weighted by Gasteiger charge is -2.16. The first-order chi connectivity index (χ1) is 15.8. The Morgan fingerprint density at radius 3 is 2.33 bits per heavy atom. The average Bonchev–Trinajstić information content (AvgIpc) is 2.78. The molecule has 2 aromatic heterocycles. The van der Waals surface area contributed by atoms with Crippen LogP contribution in [0.25, 0.3) is 0 Å². The van der Waals surface area contributed by atoms with Crippen molar-refractivity contribution in [3.05, 3.63) is 65.2 Å². The highest BCUT2D eigenvalue weighted by Gasteiger charge is 2.20.